The summed E-state index contributed by atoms with van der Waals surface area (Å²) < 4.78 is 2.22. The summed E-state index contributed by atoms with van der Waals surface area (Å²) in [7, 11) is 2.04. The molecule has 1 saturated heterocycles. The lowest BCUT2D eigenvalue weighted by Gasteiger charge is -2.23. The van der Waals surface area contributed by atoms with Crippen LogP contribution in [0.4, 0.5) is 0 Å². The number of rotatable bonds is 3. The van der Waals surface area contributed by atoms with E-state index in [0.717, 1.165) is 10.8 Å². The summed E-state index contributed by atoms with van der Waals surface area (Å²) in [6.07, 6.45) is 6.16. The molecule has 3 rings (SSSR count). The molecule has 1 aliphatic rings. The molecule has 4 nitrogen and oxygen atoms in total. The lowest BCUT2D eigenvalue weighted by Crippen LogP contribution is -2.24. The maximum Gasteiger partial charge on any atom is 0.169 e. The van der Waals surface area contributed by atoms with Crippen LogP contribution < -0.4 is 5.32 Å². The lowest BCUT2D eigenvalue weighted by atomic mass is 9.99. The second-order valence-corrected chi connectivity index (χ2v) is 6.11. The highest BCUT2D eigenvalue weighted by molar-refractivity contribution is 7.80. The highest BCUT2D eigenvalue weighted by atomic mass is 32.1. The van der Waals surface area contributed by atoms with Crippen LogP contribution in [-0.2, 0) is 0 Å². The zero-order valence-corrected chi connectivity index (χ0v) is 13.3. The highest BCUT2D eigenvalue weighted by Gasteiger charge is 2.37. The van der Waals surface area contributed by atoms with E-state index in [2.05, 4.69) is 52.1 Å². The van der Waals surface area contributed by atoms with Crippen molar-refractivity contribution in [2.45, 2.75) is 32.0 Å². The zero-order chi connectivity index (χ0) is 15.0. The van der Waals surface area contributed by atoms with E-state index in [1.165, 1.54) is 5.56 Å². The number of thiocarbonyl (C=S) groups is 1. The van der Waals surface area contributed by atoms with E-state index in [9.17, 15) is 0 Å². The maximum atomic E-state index is 5.43. The Labute approximate surface area is 130 Å². The van der Waals surface area contributed by atoms with Gasteiger partial charge in [0.2, 0.25) is 0 Å². The SMILES string of the molecule is CC(C)n1ccc(C2C(c3ccccn3)NC(=S)N2C)c1. The molecule has 2 aromatic rings. The first kappa shape index (κ1) is 14.1. The van der Waals surface area contributed by atoms with Crippen LogP contribution in [0, 0.1) is 0 Å². The van der Waals surface area contributed by atoms with Crippen molar-refractivity contribution in [2.24, 2.45) is 0 Å². The van der Waals surface area contributed by atoms with E-state index in [1.807, 2.05) is 31.4 Å². The molecular formula is C16H20N4S. The second kappa shape index (κ2) is 5.48. The largest absolute Gasteiger partial charge is 0.352 e. The van der Waals surface area contributed by atoms with Crippen LogP contribution in [0.25, 0.3) is 0 Å². The Morgan fingerprint density at radius 1 is 1.29 bits per heavy atom. The Hall–Kier alpha value is -1.88. The Balaban J connectivity index is 1.98. The van der Waals surface area contributed by atoms with Crippen molar-refractivity contribution in [3.05, 3.63) is 54.1 Å². The fourth-order valence-corrected chi connectivity index (χ4v) is 3.04. The van der Waals surface area contributed by atoms with E-state index >= 15 is 0 Å². The van der Waals surface area contributed by atoms with Gasteiger partial charge < -0.3 is 14.8 Å². The van der Waals surface area contributed by atoms with Crippen molar-refractivity contribution < 1.29 is 0 Å². The molecule has 5 heteroatoms. The normalized spacial score (nSPS) is 21.9. The van der Waals surface area contributed by atoms with Crippen LogP contribution in [0.2, 0.25) is 0 Å². The molecule has 0 amide bonds. The first-order valence-electron chi connectivity index (χ1n) is 7.19. The van der Waals surface area contributed by atoms with Gasteiger partial charge in [-0.3, -0.25) is 4.98 Å². The number of hydrogen-bond acceptors (Lipinski definition) is 2. The highest BCUT2D eigenvalue weighted by Crippen LogP contribution is 2.37. The quantitative estimate of drug-likeness (QED) is 0.883. The Bertz CT molecular complexity index is 635. The summed E-state index contributed by atoms with van der Waals surface area (Å²) >= 11 is 5.43. The van der Waals surface area contributed by atoms with E-state index in [0.29, 0.717) is 6.04 Å². The van der Waals surface area contributed by atoms with Gasteiger partial charge in [-0.25, -0.2) is 0 Å². The van der Waals surface area contributed by atoms with Gasteiger partial charge in [0.15, 0.2) is 5.11 Å². The van der Waals surface area contributed by atoms with Gasteiger partial charge in [-0.15, -0.1) is 0 Å². The number of nitrogens with zero attached hydrogens (tertiary/aromatic N) is 3. The van der Waals surface area contributed by atoms with Crippen molar-refractivity contribution in [3.63, 3.8) is 0 Å². The van der Waals surface area contributed by atoms with Crippen molar-refractivity contribution >= 4 is 17.3 Å². The smallest absolute Gasteiger partial charge is 0.169 e. The molecular weight excluding hydrogens is 280 g/mol. The molecule has 21 heavy (non-hydrogen) atoms. The van der Waals surface area contributed by atoms with E-state index in [1.54, 1.807) is 0 Å². The van der Waals surface area contributed by atoms with Crippen LogP contribution in [0.15, 0.2) is 42.9 Å². The van der Waals surface area contributed by atoms with Gasteiger partial charge in [0.05, 0.1) is 17.8 Å². The predicted molar refractivity (Wildman–Crippen MR) is 88.0 cm³/mol. The molecule has 110 valence electrons. The average Bonchev–Trinajstić information content (AvgIpc) is 3.06. The first-order valence-corrected chi connectivity index (χ1v) is 7.60. The molecule has 2 unspecified atom stereocenters. The molecule has 0 spiro atoms. The van der Waals surface area contributed by atoms with E-state index in [4.69, 9.17) is 12.2 Å². The molecule has 1 N–H and O–H groups in total. The third-order valence-electron chi connectivity index (χ3n) is 4.01. The van der Waals surface area contributed by atoms with E-state index < -0.39 is 0 Å². The standard InChI is InChI=1S/C16H20N4S/c1-11(2)20-9-7-12(10-20)15-14(18-16(21)19(15)3)13-6-4-5-8-17-13/h4-11,14-15H,1-3H3,(H,18,21). The number of nitrogens with one attached hydrogen (secondary N) is 1. The Morgan fingerprint density at radius 3 is 2.71 bits per heavy atom. The minimum absolute atomic E-state index is 0.0895. The lowest BCUT2D eigenvalue weighted by molar-refractivity contribution is 0.368. The average molecular weight is 300 g/mol. The Kier molecular flexibility index (Phi) is 3.68. The third-order valence-corrected chi connectivity index (χ3v) is 4.42. The monoisotopic (exact) mass is 300 g/mol. The summed E-state index contributed by atoms with van der Waals surface area (Å²) in [6, 6.07) is 8.89. The fourth-order valence-electron chi connectivity index (χ4n) is 2.80. The van der Waals surface area contributed by atoms with Crippen molar-refractivity contribution in [3.8, 4) is 0 Å². The Morgan fingerprint density at radius 2 is 2.10 bits per heavy atom. The minimum Gasteiger partial charge on any atom is -0.352 e. The summed E-state index contributed by atoms with van der Waals surface area (Å²) in [5, 5.41) is 4.16. The molecule has 0 aliphatic carbocycles. The molecule has 1 fully saturated rings. The van der Waals surface area contributed by atoms with E-state index in [-0.39, 0.29) is 12.1 Å². The molecule has 0 aromatic carbocycles. The first-order chi connectivity index (χ1) is 10.1. The van der Waals surface area contributed by atoms with Crippen molar-refractivity contribution in [2.75, 3.05) is 7.05 Å². The molecule has 3 heterocycles. The van der Waals surface area contributed by atoms with Crippen LogP contribution in [0.5, 0.6) is 0 Å². The molecule has 0 bridgehead atoms. The predicted octanol–water partition coefficient (Wildman–Crippen LogP) is 3.07. The fraction of sp³-hybridized carbons (Fsp3) is 0.375. The van der Waals surface area contributed by atoms with Crippen LogP contribution in [-0.4, -0.2) is 26.6 Å². The van der Waals surface area contributed by atoms with Gasteiger partial charge in [0.25, 0.3) is 0 Å². The number of likely N-dealkylation sites (N-methyl/N-ethyl adjacent to an activating group) is 1. The van der Waals surface area contributed by atoms with Crippen molar-refractivity contribution in [1.82, 2.24) is 19.8 Å². The number of pyridine rings is 1. The van der Waals surface area contributed by atoms with Crippen LogP contribution in [0.1, 0.15) is 43.2 Å². The summed E-state index contributed by atoms with van der Waals surface area (Å²) in [6.45, 7) is 4.36. The van der Waals surface area contributed by atoms with Crippen molar-refractivity contribution in [1.29, 1.82) is 0 Å². The summed E-state index contributed by atoms with van der Waals surface area (Å²) in [4.78, 5) is 6.61. The van der Waals surface area contributed by atoms with Gasteiger partial charge in [0, 0.05) is 31.7 Å². The molecule has 2 atom stereocenters. The number of hydrogen-bond donors (Lipinski definition) is 1. The van der Waals surface area contributed by atoms with Gasteiger partial charge in [-0.1, -0.05) is 6.07 Å². The van der Waals surface area contributed by atoms with Gasteiger partial charge in [-0.05, 0) is 49.8 Å². The molecule has 0 radical (unpaired) electrons. The topological polar surface area (TPSA) is 33.1 Å². The summed E-state index contributed by atoms with van der Waals surface area (Å²) in [5.41, 5.74) is 2.28. The van der Waals surface area contributed by atoms with Gasteiger partial charge in [-0.2, -0.15) is 0 Å². The maximum absolute atomic E-state index is 5.43. The summed E-state index contributed by atoms with van der Waals surface area (Å²) in [5.74, 6) is 0. The van der Waals surface area contributed by atoms with Gasteiger partial charge in [0.1, 0.15) is 0 Å². The number of aromatic nitrogens is 2. The zero-order valence-electron chi connectivity index (χ0n) is 12.5. The molecule has 1 aliphatic heterocycles. The van der Waals surface area contributed by atoms with Crippen LogP contribution in [0.3, 0.4) is 0 Å². The molecule has 2 aromatic heterocycles. The third kappa shape index (κ3) is 2.53. The van der Waals surface area contributed by atoms with Gasteiger partial charge >= 0.3 is 0 Å². The second-order valence-electron chi connectivity index (χ2n) is 5.72. The van der Waals surface area contributed by atoms with Crippen LogP contribution >= 0.6 is 12.2 Å². The molecule has 0 saturated carbocycles. The minimum atomic E-state index is 0.0895.